The minimum Gasteiger partial charge on any atom is -0.329 e. The van der Waals surface area contributed by atoms with Gasteiger partial charge in [0.15, 0.2) is 0 Å². The third-order valence-corrected chi connectivity index (χ3v) is 4.85. The maximum Gasteiger partial charge on any atom is 0.246 e. The summed E-state index contributed by atoms with van der Waals surface area (Å²) in [5.74, 6) is 0.193. The molecule has 0 saturated carbocycles. The Kier molecular flexibility index (Phi) is 3.26. The van der Waals surface area contributed by atoms with Crippen molar-refractivity contribution >= 4 is 23.2 Å². The van der Waals surface area contributed by atoms with E-state index in [1.807, 2.05) is 6.92 Å². The molecule has 2 aliphatic heterocycles. The van der Waals surface area contributed by atoms with Crippen LogP contribution >= 0.6 is 11.3 Å². The molecular formula is C13H17N3O2S. The third-order valence-electron chi connectivity index (χ3n) is 3.93. The molecule has 1 unspecified atom stereocenters. The molecule has 0 radical (unpaired) electrons. The van der Waals surface area contributed by atoms with Gasteiger partial charge in [0, 0.05) is 11.4 Å². The van der Waals surface area contributed by atoms with E-state index in [1.165, 1.54) is 0 Å². The molecule has 0 spiro atoms. The molecule has 19 heavy (non-hydrogen) atoms. The number of thiazole rings is 1. The summed E-state index contributed by atoms with van der Waals surface area (Å²) in [4.78, 5) is 33.3. The summed E-state index contributed by atoms with van der Waals surface area (Å²) in [7, 11) is 0. The molecular weight excluding hydrogens is 262 g/mol. The highest BCUT2D eigenvalue weighted by Gasteiger charge is 2.40. The Morgan fingerprint density at radius 1 is 1.42 bits per heavy atom. The summed E-state index contributed by atoms with van der Waals surface area (Å²) in [5.41, 5.74) is 2.74. The van der Waals surface area contributed by atoms with Crippen LogP contribution in [0.2, 0.25) is 0 Å². The fourth-order valence-electron chi connectivity index (χ4n) is 2.81. The van der Waals surface area contributed by atoms with E-state index in [4.69, 9.17) is 0 Å². The summed E-state index contributed by atoms with van der Waals surface area (Å²) in [6, 6.07) is -0.219. The molecule has 3 rings (SSSR count). The van der Waals surface area contributed by atoms with Gasteiger partial charge in [-0.2, -0.15) is 0 Å². The number of amides is 2. The van der Waals surface area contributed by atoms with E-state index in [1.54, 1.807) is 26.6 Å². The Labute approximate surface area is 116 Å². The molecule has 6 heteroatoms. The van der Waals surface area contributed by atoms with Gasteiger partial charge in [-0.3, -0.25) is 9.59 Å². The van der Waals surface area contributed by atoms with Gasteiger partial charge >= 0.3 is 0 Å². The van der Waals surface area contributed by atoms with Gasteiger partial charge in [0.2, 0.25) is 11.8 Å². The molecule has 3 heterocycles. The molecule has 2 saturated heterocycles. The molecule has 0 bridgehead atoms. The maximum atomic E-state index is 12.5. The van der Waals surface area contributed by atoms with E-state index >= 15 is 0 Å². The lowest BCUT2D eigenvalue weighted by atomic mass is 9.98. The van der Waals surface area contributed by atoms with Gasteiger partial charge in [-0.15, -0.1) is 11.3 Å². The first-order chi connectivity index (χ1) is 9.16. The molecule has 102 valence electrons. The highest BCUT2D eigenvalue weighted by atomic mass is 32.1. The van der Waals surface area contributed by atoms with Gasteiger partial charge in [-0.05, 0) is 26.2 Å². The van der Waals surface area contributed by atoms with Crippen molar-refractivity contribution in [3.05, 3.63) is 16.1 Å². The molecule has 1 aromatic heterocycles. The number of carbonyl (C=O) groups is 2. The normalized spacial score (nSPS) is 23.7. The van der Waals surface area contributed by atoms with Crippen molar-refractivity contribution in [3.8, 4) is 0 Å². The van der Waals surface area contributed by atoms with Crippen molar-refractivity contribution in [2.75, 3.05) is 13.1 Å². The molecule has 2 fully saturated rings. The van der Waals surface area contributed by atoms with Crippen LogP contribution in [0.4, 0.5) is 0 Å². The molecule has 1 aromatic rings. The average Bonchev–Trinajstić information content (AvgIpc) is 2.81. The van der Waals surface area contributed by atoms with E-state index in [-0.39, 0.29) is 24.4 Å². The number of rotatable bonds is 2. The predicted octanol–water partition coefficient (Wildman–Crippen LogP) is 1.17. The molecule has 0 N–H and O–H groups in total. The highest BCUT2D eigenvalue weighted by molar-refractivity contribution is 7.09. The smallest absolute Gasteiger partial charge is 0.246 e. The second-order valence-electron chi connectivity index (χ2n) is 5.15. The Bertz CT molecular complexity index is 514. The first kappa shape index (κ1) is 12.6. The predicted molar refractivity (Wildman–Crippen MR) is 71.6 cm³/mol. The summed E-state index contributed by atoms with van der Waals surface area (Å²) < 4.78 is 0. The highest BCUT2D eigenvalue weighted by Crippen LogP contribution is 2.25. The zero-order valence-corrected chi connectivity index (χ0v) is 11.8. The monoisotopic (exact) mass is 279 g/mol. The van der Waals surface area contributed by atoms with Crippen molar-refractivity contribution in [1.82, 2.24) is 14.8 Å². The van der Waals surface area contributed by atoms with Crippen molar-refractivity contribution in [3.63, 3.8) is 0 Å². The van der Waals surface area contributed by atoms with Gasteiger partial charge in [0.05, 0.1) is 17.7 Å². The van der Waals surface area contributed by atoms with Crippen LogP contribution < -0.4 is 0 Å². The Hall–Kier alpha value is -1.43. The Morgan fingerprint density at radius 2 is 2.26 bits per heavy atom. The second-order valence-corrected chi connectivity index (χ2v) is 6.09. The largest absolute Gasteiger partial charge is 0.329 e. The molecule has 2 aliphatic rings. The zero-order valence-electron chi connectivity index (χ0n) is 11.0. The fraction of sp³-hybridized carbons (Fsp3) is 0.615. The molecule has 1 atom stereocenters. The quantitative estimate of drug-likeness (QED) is 0.816. The summed E-state index contributed by atoms with van der Waals surface area (Å²) >= 11 is 1.55. The van der Waals surface area contributed by atoms with Crippen LogP contribution in [0.3, 0.4) is 0 Å². The van der Waals surface area contributed by atoms with Gasteiger partial charge < -0.3 is 9.80 Å². The van der Waals surface area contributed by atoms with E-state index in [0.717, 1.165) is 36.4 Å². The summed E-state index contributed by atoms with van der Waals surface area (Å²) in [6.07, 6.45) is 2.86. The second kappa shape index (κ2) is 4.92. The Balaban J connectivity index is 1.78. The van der Waals surface area contributed by atoms with Crippen molar-refractivity contribution in [1.29, 1.82) is 0 Å². The van der Waals surface area contributed by atoms with E-state index in [0.29, 0.717) is 6.54 Å². The number of carbonyl (C=O) groups excluding carboxylic acids is 2. The topological polar surface area (TPSA) is 53.5 Å². The lowest BCUT2D eigenvalue weighted by Crippen LogP contribution is -2.60. The first-order valence-corrected chi connectivity index (χ1v) is 7.52. The van der Waals surface area contributed by atoms with Gasteiger partial charge in [0.25, 0.3) is 0 Å². The number of hydrogen-bond donors (Lipinski definition) is 0. The van der Waals surface area contributed by atoms with Crippen molar-refractivity contribution < 1.29 is 9.59 Å². The number of fused-ring (bicyclic) bond motifs is 1. The lowest BCUT2D eigenvalue weighted by Gasteiger charge is -2.42. The number of piperidine rings is 1. The van der Waals surface area contributed by atoms with E-state index < -0.39 is 0 Å². The van der Waals surface area contributed by atoms with Crippen molar-refractivity contribution in [2.24, 2.45) is 0 Å². The number of piperazine rings is 1. The van der Waals surface area contributed by atoms with Crippen LogP contribution in [0.1, 0.15) is 29.8 Å². The van der Waals surface area contributed by atoms with Crippen LogP contribution in [0.15, 0.2) is 5.51 Å². The average molecular weight is 279 g/mol. The van der Waals surface area contributed by atoms with Crippen LogP contribution in [0.5, 0.6) is 0 Å². The lowest BCUT2D eigenvalue weighted by molar-refractivity contribution is -0.158. The maximum absolute atomic E-state index is 12.5. The molecule has 0 aromatic carbocycles. The molecule has 0 aliphatic carbocycles. The van der Waals surface area contributed by atoms with E-state index in [9.17, 15) is 9.59 Å². The first-order valence-electron chi connectivity index (χ1n) is 6.64. The minimum atomic E-state index is -0.219. The Morgan fingerprint density at radius 3 is 3.00 bits per heavy atom. The molecule has 5 nitrogen and oxygen atoms in total. The number of nitrogens with zero attached hydrogens (tertiary/aromatic N) is 3. The SMILES string of the molecule is Cc1ncsc1CN1CC(=O)N2CCCCC2C1=O. The summed E-state index contributed by atoms with van der Waals surface area (Å²) in [6.45, 7) is 3.41. The number of aryl methyl sites for hydroxylation is 1. The zero-order chi connectivity index (χ0) is 13.4. The van der Waals surface area contributed by atoms with Crippen LogP contribution in [-0.4, -0.2) is 45.7 Å². The van der Waals surface area contributed by atoms with Crippen molar-refractivity contribution in [2.45, 2.75) is 38.8 Å². The van der Waals surface area contributed by atoms with Gasteiger partial charge in [-0.25, -0.2) is 4.98 Å². The van der Waals surface area contributed by atoms with Crippen LogP contribution in [-0.2, 0) is 16.1 Å². The number of aromatic nitrogens is 1. The van der Waals surface area contributed by atoms with Crippen LogP contribution in [0.25, 0.3) is 0 Å². The van der Waals surface area contributed by atoms with Crippen LogP contribution in [0, 0.1) is 6.92 Å². The summed E-state index contributed by atoms with van der Waals surface area (Å²) in [5, 5.41) is 0. The standard InChI is InChI=1S/C13H17N3O2S/c1-9-11(19-8-14-9)6-15-7-12(17)16-5-3-2-4-10(16)13(15)18/h8,10H,2-7H2,1H3. The van der Waals surface area contributed by atoms with E-state index in [2.05, 4.69) is 4.98 Å². The molecule has 2 amide bonds. The third kappa shape index (κ3) is 2.25. The van der Waals surface area contributed by atoms with Gasteiger partial charge in [-0.1, -0.05) is 0 Å². The fourth-order valence-corrected chi connectivity index (χ4v) is 3.61. The number of hydrogen-bond acceptors (Lipinski definition) is 4. The minimum absolute atomic E-state index is 0.0893. The van der Waals surface area contributed by atoms with Gasteiger partial charge in [0.1, 0.15) is 12.6 Å².